The third-order valence-electron chi connectivity index (χ3n) is 2.51. The van der Waals surface area contributed by atoms with Crippen molar-refractivity contribution in [2.75, 3.05) is 18.0 Å². The summed E-state index contributed by atoms with van der Waals surface area (Å²) in [5.41, 5.74) is 0.821. The van der Waals surface area contributed by atoms with Crippen LogP contribution in [0.25, 0.3) is 11.5 Å². The smallest absolute Gasteiger partial charge is 0.152 e. The van der Waals surface area contributed by atoms with Crippen LogP contribution in [0.5, 0.6) is 0 Å². The quantitative estimate of drug-likeness (QED) is 0.840. The fraction of sp³-hybridized carbons (Fsp3) is 0.333. The Kier molecular flexibility index (Phi) is 4.97. The first-order valence-electron chi connectivity index (χ1n) is 5.46. The summed E-state index contributed by atoms with van der Waals surface area (Å²) in [5.74, 6) is 1.71. The van der Waals surface area contributed by atoms with Crippen molar-refractivity contribution in [1.82, 2.24) is 9.97 Å². The zero-order valence-corrected chi connectivity index (χ0v) is 10.8. The molecule has 0 aromatic carbocycles. The lowest BCUT2D eigenvalue weighted by Crippen LogP contribution is -2.22. The van der Waals surface area contributed by atoms with Crippen molar-refractivity contribution in [1.29, 1.82) is 0 Å². The van der Waals surface area contributed by atoms with Gasteiger partial charge in [0, 0.05) is 19.2 Å². The monoisotopic (exact) mass is 253 g/mol. The molecule has 2 aromatic heterocycles. The van der Waals surface area contributed by atoms with Gasteiger partial charge < -0.3 is 9.32 Å². The number of anilines is 1. The molecule has 2 aromatic rings. The largest absolute Gasteiger partial charge is 0.463 e. The van der Waals surface area contributed by atoms with Crippen LogP contribution in [0.2, 0.25) is 0 Å². The van der Waals surface area contributed by atoms with Gasteiger partial charge in [-0.3, -0.25) is 0 Å². The normalized spacial score (nSPS) is 9.76. The zero-order valence-electron chi connectivity index (χ0n) is 9.96. The number of furan rings is 1. The maximum Gasteiger partial charge on any atom is 0.152 e. The van der Waals surface area contributed by atoms with Crippen molar-refractivity contribution in [3.63, 3.8) is 0 Å². The summed E-state index contributed by atoms with van der Waals surface area (Å²) in [6, 6.07) is 5.70. The molecule has 0 aliphatic rings. The highest BCUT2D eigenvalue weighted by atomic mass is 35.5. The molecule has 0 aliphatic heterocycles. The topological polar surface area (TPSA) is 42.2 Å². The Morgan fingerprint density at radius 1 is 1.24 bits per heavy atom. The van der Waals surface area contributed by atoms with Gasteiger partial charge in [0.2, 0.25) is 0 Å². The summed E-state index contributed by atoms with van der Waals surface area (Å²) in [5, 5.41) is 0. The highest BCUT2D eigenvalue weighted by Crippen LogP contribution is 2.20. The Morgan fingerprint density at radius 2 is 2.00 bits per heavy atom. The molecule has 0 atom stereocenters. The van der Waals surface area contributed by atoms with Crippen LogP contribution in [0, 0.1) is 0 Å². The molecule has 2 heterocycles. The Labute approximate surface area is 107 Å². The molecule has 17 heavy (non-hydrogen) atoms. The molecule has 0 fully saturated rings. The van der Waals surface area contributed by atoms with Crippen LogP contribution in [0.15, 0.2) is 35.2 Å². The van der Waals surface area contributed by atoms with E-state index < -0.39 is 0 Å². The summed E-state index contributed by atoms with van der Waals surface area (Å²) in [7, 11) is 0. The van der Waals surface area contributed by atoms with E-state index in [1.165, 1.54) is 0 Å². The zero-order chi connectivity index (χ0) is 11.4. The third kappa shape index (κ3) is 2.97. The molecule has 0 radical (unpaired) electrons. The van der Waals surface area contributed by atoms with E-state index in [9.17, 15) is 0 Å². The lowest BCUT2D eigenvalue weighted by Gasteiger charge is -2.19. The molecule has 0 amide bonds. The number of rotatable bonds is 4. The number of nitrogens with zero attached hydrogens (tertiary/aromatic N) is 3. The fourth-order valence-corrected chi connectivity index (χ4v) is 1.63. The van der Waals surface area contributed by atoms with Gasteiger partial charge in [0.15, 0.2) is 5.76 Å². The lowest BCUT2D eigenvalue weighted by molar-refractivity contribution is 0.579. The first kappa shape index (κ1) is 13.5. The SMILES string of the molecule is CCN(CC)c1cc(-c2ccco2)ncn1.Cl. The highest BCUT2D eigenvalue weighted by Gasteiger charge is 2.07. The molecule has 0 bridgehead atoms. The highest BCUT2D eigenvalue weighted by molar-refractivity contribution is 5.85. The minimum atomic E-state index is 0. The number of hydrogen-bond donors (Lipinski definition) is 0. The number of hydrogen-bond acceptors (Lipinski definition) is 4. The van der Waals surface area contributed by atoms with E-state index in [0.29, 0.717) is 0 Å². The molecule has 0 unspecified atom stereocenters. The predicted molar refractivity (Wildman–Crippen MR) is 70.5 cm³/mol. The molecular formula is C12H16ClN3O. The molecular weight excluding hydrogens is 238 g/mol. The van der Waals surface area contributed by atoms with E-state index in [0.717, 1.165) is 30.4 Å². The van der Waals surface area contributed by atoms with E-state index in [2.05, 4.69) is 28.7 Å². The standard InChI is InChI=1S/C12H15N3O.ClH/c1-3-15(4-2)12-8-10(13-9-14-12)11-6-5-7-16-11;/h5-9H,3-4H2,1-2H3;1H. The van der Waals surface area contributed by atoms with Crippen LogP contribution < -0.4 is 4.90 Å². The molecule has 92 valence electrons. The Bertz CT molecular complexity index is 441. The molecule has 4 nitrogen and oxygen atoms in total. The van der Waals surface area contributed by atoms with Crippen LogP contribution in [-0.4, -0.2) is 23.1 Å². The van der Waals surface area contributed by atoms with E-state index >= 15 is 0 Å². The van der Waals surface area contributed by atoms with E-state index in [1.807, 2.05) is 18.2 Å². The summed E-state index contributed by atoms with van der Waals surface area (Å²) < 4.78 is 5.31. The van der Waals surface area contributed by atoms with Gasteiger partial charge in [-0.05, 0) is 26.0 Å². The van der Waals surface area contributed by atoms with Crippen LogP contribution in [0.3, 0.4) is 0 Å². The van der Waals surface area contributed by atoms with Gasteiger partial charge in [-0.15, -0.1) is 12.4 Å². The molecule has 5 heteroatoms. The van der Waals surface area contributed by atoms with Gasteiger partial charge in [-0.2, -0.15) is 0 Å². The minimum Gasteiger partial charge on any atom is -0.463 e. The molecule has 0 N–H and O–H groups in total. The van der Waals surface area contributed by atoms with Gasteiger partial charge in [-0.25, -0.2) is 9.97 Å². The fourth-order valence-electron chi connectivity index (χ4n) is 1.63. The predicted octanol–water partition coefficient (Wildman–Crippen LogP) is 3.00. The van der Waals surface area contributed by atoms with Gasteiger partial charge in [0.05, 0.1) is 6.26 Å². The number of halogens is 1. The minimum absolute atomic E-state index is 0. The maximum atomic E-state index is 5.31. The van der Waals surface area contributed by atoms with Crippen molar-refractivity contribution in [3.8, 4) is 11.5 Å². The van der Waals surface area contributed by atoms with Gasteiger partial charge >= 0.3 is 0 Å². The Morgan fingerprint density at radius 3 is 2.59 bits per heavy atom. The van der Waals surface area contributed by atoms with Crippen molar-refractivity contribution >= 4 is 18.2 Å². The maximum absolute atomic E-state index is 5.31. The first-order chi connectivity index (χ1) is 7.85. The van der Waals surface area contributed by atoms with Crippen LogP contribution >= 0.6 is 12.4 Å². The molecule has 0 saturated carbocycles. The summed E-state index contributed by atoms with van der Waals surface area (Å²) >= 11 is 0. The van der Waals surface area contributed by atoms with Gasteiger partial charge in [0.1, 0.15) is 17.8 Å². The van der Waals surface area contributed by atoms with Crippen LogP contribution in [-0.2, 0) is 0 Å². The van der Waals surface area contributed by atoms with Gasteiger partial charge in [0.25, 0.3) is 0 Å². The van der Waals surface area contributed by atoms with E-state index in [4.69, 9.17) is 4.42 Å². The van der Waals surface area contributed by atoms with Crippen molar-refractivity contribution in [3.05, 3.63) is 30.8 Å². The van der Waals surface area contributed by atoms with E-state index in [1.54, 1.807) is 12.6 Å². The average Bonchev–Trinajstić information content (AvgIpc) is 2.85. The van der Waals surface area contributed by atoms with Crippen molar-refractivity contribution in [2.45, 2.75) is 13.8 Å². The summed E-state index contributed by atoms with van der Waals surface area (Å²) in [4.78, 5) is 10.6. The molecule has 0 aliphatic carbocycles. The Balaban J connectivity index is 0.00000144. The van der Waals surface area contributed by atoms with Crippen molar-refractivity contribution < 1.29 is 4.42 Å². The van der Waals surface area contributed by atoms with E-state index in [-0.39, 0.29) is 12.4 Å². The molecule has 2 rings (SSSR count). The number of aromatic nitrogens is 2. The van der Waals surface area contributed by atoms with Crippen LogP contribution in [0.4, 0.5) is 5.82 Å². The van der Waals surface area contributed by atoms with Crippen LogP contribution in [0.1, 0.15) is 13.8 Å². The average molecular weight is 254 g/mol. The molecule has 0 saturated heterocycles. The third-order valence-corrected chi connectivity index (χ3v) is 2.51. The second-order valence-electron chi connectivity index (χ2n) is 3.41. The van der Waals surface area contributed by atoms with Gasteiger partial charge in [-0.1, -0.05) is 0 Å². The summed E-state index contributed by atoms with van der Waals surface area (Å²) in [6.07, 6.45) is 3.22. The molecule has 0 spiro atoms. The lowest BCUT2D eigenvalue weighted by atomic mass is 10.3. The summed E-state index contributed by atoms with van der Waals surface area (Å²) in [6.45, 7) is 6.09. The van der Waals surface area contributed by atoms with Crippen molar-refractivity contribution in [2.24, 2.45) is 0 Å². The second kappa shape index (κ2) is 6.25. The second-order valence-corrected chi connectivity index (χ2v) is 3.41. The Hall–Kier alpha value is -1.55. The first-order valence-corrected chi connectivity index (χ1v) is 5.46.